The third-order valence-electron chi connectivity index (χ3n) is 5.69. The number of azo groups is 1. The monoisotopic (exact) mass is 573 g/mol. The Morgan fingerprint density at radius 3 is 2.45 bits per heavy atom. The van der Waals surface area contributed by atoms with E-state index in [0.717, 1.165) is 6.07 Å². The molecule has 0 aliphatic heterocycles. The Bertz CT molecular complexity index is 1710. The number of halogens is 2. The summed E-state index contributed by atoms with van der Waals surface area (Å²) in [5.41, 5.74) is 0.538. The molecular formula is C26H21Cl2N3O6S. The molecule has 196 valence electrons. The molecule has 0 aliphatic carbocycles. The molecule has 0 aromatic heterocycles. The van der Waals surface area contributed by atoms with Crippen molar-refractivity contribution in [1.82, 2.24) is 0 Å². The lowest BCUT2D eigenvalue weighted by Crippen LogP contribution is -2.12. The van der Waals surface area contributed by atoms with Crippen molar-refractivity contribution < 1.29 is 27.6 Å². The van der Waals surface area contributed by atoms with Gasteiger partial charge in [-0.05, 0) is 47.7 Å². The van der Waals surface area contributed by atoms with Crippen molar-refractivity contribution in [3.8, 4) is 11.5 Å². The van der Waals surface area contributed by atoms with E-state index < -0.39 is 21.8 Å². The van der Waals surface area contributed by atoms with E-state index in [9.17, 15) is 22.9 Å². The normalized spacial score (nSPS) is 11.7. The second-order valence-electron chi connectivity index (χ2n) is 8.08. The van der Waals surface area contributed by atoms with Gasteiger partial charge in [-0.3, -0.25) is 9.35 Å². The molecule has 0 aliphatic rings. The molecule has 0 fully saturated rings. The minimum absolute atomic E-state index is 0.0198. The van der Waals surface area contributed by atoms with Crippen LogP contribution in [0.15, 0.2) is 75.8 Å². The predicted octanol–water partition coefficient (Wildman–Crippen LogP) is 7.34. The molecule has 0 spiro atoms. The number of amides is 1. The van der Waals surface area contributed by atoms with Gasteiger partial charge in [0.05, 0.1) is 23.4 Å². The fraction of sp³-hybridized carbons (Fsp3) is 0.115. The van der Waals surface area contributed by atoms with Gasteiger partial charge in [-0.2, -0.15) is 13.5 Å². The molecule has 4 rings (SSSR count). The van der Waals surface area contributed by atoms with Crippen LogP contribution >= 0.6 is 23.2 Å². The first-order chi connectivity index (χ1) is 18.0. The topological polar surface area (TPSA) is 138 Å². The second kappa shape index (κ2) is 11.0. The molecule has 0 atom stereocenters. The van der Waals surface area contributed by atoms with Crippen molar-refractivity contribution in [1.29, 1.82) is 0 Å². The Kier molecular flexibility index (Phi) is 7.89. The highest BCUT2D eigenvalue weighted by atomic mass is 35.5. The van der Waals surface area contributed by atoms with Crippen LogP contribution in [0, 0.1) is 0 Å². The van der Waals surface area contributed by atoms with Crippen molar-refractivity contribution in [2.45, 2.75) is 18.2 Å². The van der Waals surface area contributed by atoms with Gasteiger partial charge in [-0.1, -0.05) is 54.4 Å². The van der Waals surface area contributed by atoms with Crippen molar-refractivity contribution >= 4 is 67.1 Å². The summed E-state index contributed by atoms with van der Waals surface area (Å²) in [6.07, 6.45) is 0.257. The fourth-order valence-electron chi connectivity index (χ4n) is 3.86. The van der Waals surface area contributed by atoms with E-state index in [1.807, 2.05) is 0 Å². The largest absolute Gasteiger partial charge is 0.505 e. The lowest BCUT2D eigenvalue weighted by atomic mass is 10.0. The Morgan fingerprint density at radius 2 is 1.76 bits per heavy atom. The summed E-state index contributed by atoms with van der Waals surface area (Å²) in [5.74, 6) is -0.714. The highest BCUT2D eigenvalue weighted by Gasteiger charge is 2.21. The number of phenolic OH excluding ortho intramolecular Hbond substituents is 1. The zero-order valence-corrected chi connectivity index (χ0v) is 22.4. The second-order valence-corrected chi connectivity index (χ2v) is 10.3. The first-order valence-corrected chi connectivity index (χ1v) is 13.3. The van der Waals surface area contributed by atoms with Crippen LogP contribution in [0.2, 0.25) is 10.0 Å². The summed E-state index contributed by atoms with van der Waals surface area (Å²) in [6.45, 7) is 1.69. The number of rotatable bonds is 7. The van der Waals surface area contributed by atoms with Crippen molar-refractivity contribution in [2.75, 3.05) is 12.4 Å². The summed E-state index contributed by atoms with van der Waals surface area (Å²) in [5, 5.41) is 23.5. The van der Waals surface area contributed by atoms with E-state index in [1.165, 1.54) is 25.3 Å². The number of nitrogens with one attached hydrogen (secondary N) is 1. The van der Waals surface area contributed by atoms with Crippen LogP contribution in [0.25, 0.3) is 10.8 Å². The number of carbonyl (C=O) groups is 1. The van der Waals surface area contributed by atoms with Gasteiger partial charge >= 0.3 is 0 Å². The minimum atomic E-state index is -4.58. The van der Waals surface area contributed by atoms with E-state index >= 15 is 0 Å². The standard InChI is InChI=1S/C26H21Cl2N3O6S/c1-3-17-21(28)11-16(13-23(17)38(34,35)36)30-31-24-18-7-5-4-6-14(18)10-19(25(24)32)26(33)29-15-8-9-20(27)22(12-15)37-2/h4-13,32H,3H2,1-2H3,(H,29,33)(H,34,35,36). The van der Waals surface area contributed by atoms with Gasteiger partial charge in [0, 0.05) is 22.2 Å². The number of hydrogen-bond donors (Lipinski definition) is 3. The number of nitrogens with zero attached hydrogens (tertiary/aromatic N) is 2. The van der Waals surface area contributed by atoms with E-state index in [0.29, 0.717) is 27.2 Å². The molecule has 0 unspecified atom stereocenters. The molecule has 0 heterocycles. The summed E-state index contributed by atoms with van der Waals surface area (Å²) in [7, 11) is -3.13. The highest BCUT2D eigenvalue weighted by molar-refractivity contribution is 7.85. The summed E-state index contributed by atoms with van der Waals surface area (Å²) in [4.78, 5) is 12.7. The minimum Gasteiger partial charge on any atom is -0.505 e. The maximum absolute atomic E-state index is 13.1. The van der Waals surface area contributed by atoms with Gasteiger partial charge < -0.3 is 15.2 Å². The van der Waals surface area contributed by atoms with Crippen LogP contribution in [0.4, 0.5) is 17.1 Å². The molecule has 0 bridgehead atoms. The average Bonchev–Trinajstić information content (AvgIpc) is 2.88. The van der Waals surface area contributed by atoms with Gasteiger partial charge in [0.15, 0.2) is 5.75 Å². The molecule has 9 nitrogen and oxygen atoms in total. The molecule has 4 aromatic rings. The Hall–Kier alpha value is -3.70. The number of methoxy groups -OCH3 is 1. The molecule has 1 amide bonds. The Labute approximate surface area is 228 Å². The van der Waals surface area contributed by atoms with Gasteiger partial charge in [-0.15, -0.1) is 5.11 Å². The van der Waals surface area contributed by atoms with E-state index in [1.54, 1.807) is 43.3 Å². The highest BCUT2D eigenvalue weighted by Crippen LogP contribution is 2.40. The number of aromatic hydroxyl groups is 1. The number of benzene rings is 4. The van der Waals surface area contributed by atoms with Crippen LogP contribution in [0.3, 0.4) is 0 Å². The van der Waals surface area contributed by atoms with Crippen LogP contribution in [0.1, 0.15) is 22.8 Å². The van der Waals surface area contributed by atoms with Crippen LogP contribution in [-0.4, -0.2) is 31.1 Å². The lowest BCUT2D eigenvalue weighted by Gasteiger charge is -2.12. The number of carbonyl (C=O) groups excluding carboxylic acids is 1. The van der Waals surface area contributed by atoms with E-state index in [2.05, 4.69) is 15.5 Å². The van der Waals surface area contributed by atoms with Crippen LogP contribution < -0.4 is 10.1 Å². The molecule has 0 radical (unpaired) electrons. The third-order valence-corrected chi connectivity index (χ3v) is 7.25. The first kappa shape index (κ1) is 27.3. The van der Waals surface area contributed by atoms with Gasteiger partial charge in [0.2, 0.25) is 0 Å². The van der Waals surface area contributed by atoms with Gasteiger partial charge in [0.1, 0.15) is 16.3 Å². The lowest BCUT2D eigenvalue weighted by molar-refractivity contribution is 0.102. The summed E-state index contributed by atoms with van der Waals surface area (Å²) >= 11 is 12.3. The molecule has 12 heteroatoms. The predicted molar refractivity (Wildman–Crippen MR) is 146 cm³/mol. The summed E-state index contributed by atoms with van der Waals surface area (Å²) in [6, 6.07) is 15.6. The molecule has 4 aromatic carbocycles. The number of anilines is 1. The number of phenols is 1. The van der Waals surface area contributed by atoms with E-state index in [4.69, 9.17) is 27.9 Å². The maximum Gasteiger partial charge on any atom is 0.294 e. The number of ether oxygens (including phenoxy) is 1. The molecular weight excluding hydrogens is 553 g/mol. The zero-order valence-electron chi connectivity index (χ0n) is 20.1. The molecule has 0 saturated carbocycles. The van der Waals surface area contributed by atoms with E-state index in [-0.39, 0.29) is 38.8 Å². The number of hydrogen-bond acceptors (Lipinski definition) is 7. The van der Waals surface area contributed by atoms with Crippen molar-refractivity contribution in [3.63, 3.8) is 0 Å². The molecule has 3 N–H and O–H groups in total. The quantitative estimate of drug-likeness (QED) is 0.156. The molecule has 0 saturated heterocycles. The number of fused-ring (bicyclic) bond motifs is 1. The van der Waals surface area contributed by atoms with Gasteiger partial charge in [-0.25, -0.2) is 0 Å². The smallest absolute Gasteiger partial charge is 0.294 e. The SMILES string of the molecule is CCc1c(Cl)cc(N=Nc2c(O)c(C(=O)Nc3ccc(Cl)c(OC)c3)cc3ccccc23)cc1S(=O)(=O)O. The Morgan fingerprint density at radius 1 is 1.03 bits per heavy atom. The summed E-state index contributed by atoms with van der Waals surface area (Å²) < 4.78 is 38.6. The van der Waals surface area contributed by atoms with Crippen LogP contribution in [-0.2, 0) is 16.5 Å². The van der Waals surface area contributed by atoms with Crippen molar-refractivity contribution in [2.24, 2.45) is 10.2 Å². The Balaban J connectivity index is 1.79. The van der Waals surface area contributed by atoms with Crippen LogP contribution in [0.5, 0.6) is 11.5 Å². The third kappa shape index (κ3) is 5.58. The zero-order chi connectivity index (χ0) is 27.6. The molecule has 38 heavy (non-hydrogen) atoms. The van der Waals surface area contributed by atoms with Crippen molar-refractivity contribution in [3.05, 3.63) is 81.8 Å². The van der Waals surface area contributed by atoms with Gasteiger partial charge in [0.25, 0.3) is 16.0 Å². The first-order valence-electron chi connectivity index (χ1n) is 11.1. The maximum atomic E-state index is 13.1. The fourth-order valence-corrected chi connectivity index (χ4v) is 5.30. The average molecular weight is 574 g/mol.